The van der Waals surface area contributed by atoms with Gasteiger partial charge in [0, 0.05) is 10.8 Å². The maximum absolute atomic E-state index is 3.54. The predicted octanol–water partition coefficient (Wildman–Crippen LogP) is 3.99. The number of hydrogen-bond acceptors (Lipinski definition) is 0. The summed E-state index contributed by atoms with van der Waals surface area (Å²) in [5.41, 5.74) is 4.98. The van der Waals surface area contributed by atoms with Crippen molar-refractivity contribution in [2.75, 3.05) is 0 Å². The highest BCUT2D eigenvalue weighted by molar-refractivity contribution is 5.94. The van der Waals surface area contributed by atoms with E-state index in [4.69, 9.17) is 0 Å². The molecule has 0 fully saturated rings. The highest BCUT2D eigenvalue weighted by Gasteiger charge is 2.12. The largest absolute Gasteiger partial charge is 0.352 e. The van der Waals surface area contributed by atoms with Crippen molar-refractivity contribution in [1.29, 1.82) is 0 Å². The van der Waals surface area contributed by atoms with E-state index in [0.29, 0.717) is 0 Å². The first-order valence-corrected chi connectivity index (χ1v) is 6.24. The average molecular weight is 234 g/mol. The van der Waals surface area contributed by atoms with E-state index >= 15 is 0 Å². The second-order valence-corrected chi connectivity index (χ2v) is 4.99. The van der Waals surface area contributed by atoms with E-state index < -0.39 is 0 Å². The summed E-state index contributed by atoms with van der Waals surface area (Å²) in [6, 6.07) is 12.7. The van der Waals surface area contributed by atoms with Gasteiger partial charge in [-0.15, -0.1) is 0 Å². The van der Waals surface area contributed by atoms with Crippen molar-refractivity contribution in [3.63, 3.8) is 0 Å². The Hall–Kier alpha value is -2.22. The highest BCUT2D eigenvalue weighted by Crippen LogP contribution is 2.29. The lowest BCUT2D eigenvalue weighted by molar-refractivity contribution is 1.18. The molecule has 0 unspecified atom stereocenters. The van der Waals surface area contributed by atoms with Gasteiger partial charge >= 0.3 is 0 Å². The van der Waals surface area contributed by atoms with Gasteiger partial charge < -0.3 is 9.97 Å². The van der Waals surface area contributed by atoms with E-state index in [9.17, 15) is 0 Å². The van der Waals surface area contributed by atoms with Gasteiger partial charge in [-0.25, -0.2) is 0 Å². The molecule has 18 heavy (non-hydrogen) atoms. The molecule has 1 heterocycles. The SMILES string of the molecule is Cc1ccc(C)c2c3[nH]c4ccccc4[nH]c=3c12. The first kappa shape index (κ1) is 9.77. The van der Waals surface area contributed by atoms with Crippen LogP contribution in [-0.4, -0.2) is 9.97 Å². The Morgan fingerprint density at radius 3 is 1.56 bits per heavy atom. The van der Waals surface area contributed by atoms with Gasteiger partial charge in [0.25, 0.3) is 0 Å². The van der Waals surface area contributed by atoms with Crippen LogP contribution < -0.4 is 0 Å². The standard InChI is InChI=1S/C16H14N2/c1-9-7-8-10(2)14-13(9)15-16(14)18-12-6-4-3-5-11(12)17-15/h3-8,17-18H,1-2H3. The number of fused-ring (bicyclic) bond motifs is 4. The summed E-state index contributed by atoms with van der Waals surface area (Å²) in [5, 5.41) is 5.22. The van der Waals surface area contributed by atoms with Crippen LogP contribution in [0.1, 0.15) is 11.1 Å². The molecule has 2 nitrogen and oxygen atoms in total. The molecular weight excluding hydrogens is 220 g/mol. The Morgan fingerprint density at radius 1 is 0.667 bits per heavy atom. The maximum Gasteiger partial charge on any atom is 0.0713 e. The number of benzene rings is 2. The number of H-pyrrole nitrogens is 2. The Labute approximate surface area is 104 Å². The Bertz CT molecular complexity index is 863. The third kappa shape index (κ3) is 1.07. The van der Waals surface area contributed by atoms with E-state index in [-0.39, 0.29) is 0 Å². The van der Waals surface area contributed by atoms with E-state index in [1.54, 1.807) is 0 Å². The van der Waals surface area contributed by atoms with E-state index in [2.05, 4.69) is 60.2 Å². The number of hydrogen-bond donors (Lipinski definition) is 2. The van der Waals surface area contributed by atoms with Gasteiger partial charge in [0.2, 0.25) is 0 Å². The second-order valence-electron chi connectivity index (χ2n) is 4.99. The van der Waals surface area contributed by atoms with E-state index in [0.717, 1.165) is 11.0 Å². The average Bonchev–Trinajstić information content (AvgIpc) is 2.37. The molecule has 4 rings (SSSR count). The fraction of sp³-hybridized carbons (Fsp3) is 0.125. The van der Waals surface area contributed by atoms with E-state index in [1.165, 1.54) is 32.6 Å². The molecule has 2 aromatic carbocycles. The summed E-state index contributed by atoms with van der Waals surface area (Å²) in [6.07, 6.45) is 0. The number of nitrogens with one attached hydrogen (secondary N) is 2. The number of aromatic amines is 2. The summed E-state index contributed by atoms with van der Waals surface area (Å²) in [6.45, 7) is 4.34. The fourth-order valence-electron chi connectivity index (χ4n) is 2.86. The molecule has 0 saturated heterocycles. The third-order valence-electron chi connectivity index (χ3n) is 3.82. The zero-order valence-corrected chi connectivity index (χ0v) is 10.5. The van der Waals surface area contributed by atoms with Crippen molar-refractivity contribution in [3.8, 4) is 0 Å². The Balaban J connectivity index is 2.32. The molecule has 0 atom stereocenters. The van der Waals surface area contributed by atoms with Gasteiger partial charge in [-0.1, -0.05) is 24.3 Å². The van der Waals surface area contributed by atoms with Crippen LogP contribution in [-0.2, 0) is 0 Å². The fourth-order valence-corrected chi connectivity index (χ4v) is 2.86. The Morgan fingerprint density at radius 2 is 1.11 bits per heavy atom. The van der Waals surface area contributed by atoms with Crippen LogP contribution >= 0.6 is 0 Å². The minimum absolute atomic E-state index is 1.16. The van der Waals surface area contributed by atoms with Crippen LogP contribution in [0.2, 0.25) is 0 Å². The Kier molecular flexibility index (Phi) is 1.72. The molecule has 0 amide bonds. The van der Waals surface area contributed by atoms with Crippen LogP contribution in [0.15, 0.2) is 36.4 Å². The number of aromatic nitrogens is 2. The predicted molar refractivity (Wildman–Crippen MR) is 74.9 cm³/mol. The molecule has 0 spiro atoms. The molecule has 0 aromatic heterocycles. The minimum atomic E-state index is 1.16. The molecule has 2 heteroatoms. The number of aryl methyl sites for hydroxylation is 2. The molecule has 0 radical (unpaired) electrons. The van der Waals surface area contributed by atoms with Gasteiger partial charge in [0.15, 0.2) is 0 Å². The van der Waals surface area contributed by atoms with Crippen LogP contribution in [0.4, 0.5) is 0 Å². The molecule has 2 N–H and O–H groups in total. The summed E-state index contributed by atoms with van der Waals surface area (Å²) < 4.78 is 0. The van der Waals surface area contributed by atoms with Gasteiger partial charge in [-0.2, -0.15) is 0 Å². The molecule has 1 aliphatic heterocycles. The molecule has 2 aromatic rings. The smallest absolute Gasteiger partial charge is 0.0713 e. The first-order valence-electron chi connectivity index (χ1n) is 6.24. The van der Waals surface area contributed by atoms with Crippen molar-refractivity contribution in [1.82, 2.24) is 9.97 Å². The zero-order chi connectivity index (χ0) is 12.3. The van der Waals surface area contributed by atoms with Crippen LogP contribution in [0.5, 0.6) is 0 Å². The maximum atomic E-state index is 3.54. The lowest BCUT2D eigenvalue weighted by Gasteiger charge is -2.14. The summed E-state index contributed by atoms with van der Waals surface area (Å²) >= 11 is 0. The molecule has 1 aliphatic carbocycles. The monoisotopic (exact) mass is 234 g/mol. The molecule has 88 valence electrons. The van der Waals surface area contributed by atoms with Crippen LogP contribution in [0.25, 0.3) is 21.8 Å². The van der Waals surface area contributed by atoms with Crippen molar-refractivity contribution < 1.29 is 0 Å². The summed E-state index contributed by atoms with van der Waals surface area (Å²) in [7, 11) is 0. The van der Waals surface area contributed by atoms with Gasteiger partial charge in [0.1, 0.15) is 0 Å². The van der Waals surface area contributed by atoms with Gasteiger partial charge in [0.05, 0.1) is 21.7 Å². The van der Waals surface area contributed by atoms with Crippen molar-refractivity contribution in [2.24, 2.45) is 0 Å². The molecule has 2 aliphatic rings. The number of rotatable bonds is 0. The second kappa shape index (κ2) is 3.16. The lowest BCUT2D eigenvalue weighted by Crippen LogP contribution is -2.00. The zero-order valence-electron chi connectivity index (χ0n) is 10.5. The summed E-state index contributed by atoms with van der Waals surface area (Å²) in [5.74, 6) is 0. The third-order valence-corrected chi connectivity index (χ3v) is 3.82. The normalized spacial score (nSPS) is 11.9. The molecule has 0 saturated carbocycles. The van der Waals surface area contributed by atoms with Gasteiger partial charge in [-0.05, 0) is 37.1 Å². The topological polar surface area (TPSA) is 31.6 Å². The minimum Gasteiger partial charge on any atom is -0.352 e. The summed E-state index contributed by atoms with van der Waals surface area (Å²) in [4.78, 5) is 7.08. The van der Waals surface area contributed by atoms with Crippen LogP contribution in [0, 0.1) is 24.5 Å². The van der Waals surface area contributed by atoms with Gasteiger partial charge in [-0.3, -0.25) is 0 Å². The van der Waals surface area contributed by atoms with Crippen LogP contribution in [0.3, 0.4) is 0 Å². The lowest BCUT2D eigenvalue weighted by atomic mass is 9.96. The van der Waals surface area contributed by atoms with Crippen molar-refractivity contribution >= 4 is 21.8 Å². The molecular formula is C16H14N2. The molecule has 0 bridgehead atoms. The first-order chi connectivity index (χ1) is 8.75. The number of para-hydroxylation sites is 2. The highest BCUT2D eigenvalue weighted by atomic mass is 14.8. The van der Waals surface area contributed by atoms with Crippen molar-refractivity contribution in [2.45, 2.75) is 13.8 Å². The van der Waals surface area contributed by atoms with Crippen molar-refractivity contribution in [3.05, 3.63) is 58.2 Å². The quantitative estimate of drug-likeness (QED) is 0.461. The van der Waals surface area contributed by atoms with E-state index in [1.807, 2.05) is 0 Å².